The van der Waals surface area contributed by atoms with Crippen molar-refractivity contribution in [1.29, 1.82) is 0 Å². The molecule has 0 atom stereocenters. The lowest BCUT2D eigenvalue weighted by Crippen LogP contribution is -2.48. The van der Waals surface area contributed by atoms with Crippen molar-refractivity contribution in [2.75, 3.05) is 26.0 Å². The lowest BCUT2D eigenvalue weighted by atomic mass is 9.81. The van der Waals surface area contributed by atoms with Gasteiger partial charge < -0.3 is 25.2 Å². The van der Waals surface area contributed by atoms with Crippen molar-refractivity contribution >= 4 is 29.5 Å². The maximum Gasteiger partial charge on any atom is 0.416 e. The van der Waals surface area contributed by atoms with E-state index in [4.69, 9.17) is 4.74 Å². The number of esters is 1. The predicted molar refractivity (Wildman–Crippen MR) is 167 cm³/mol. The molecule has 3 N–H and O–H groups in total. The highest BCUT2D eigenvalue weighted by atomic mass is 19.4. The molecule has 1 amide bonds. The van der Waals surface area contributed by atoms with Crippen molar-refractivity contribution in [2.45, 2.75) is 24.6 Å². The minimum Gasteiger partial charge on any atom is -0.480 e. The molecule has 9 nitrogen and oxygen atoms in total. The number of anilines is 1. The predicted octanol–water partition coefficient (Wildman–Crippen LogP) is 5.88. The van der Waals surface area contributed by atoms with Gasteiger partial charge >= 0.3 is 24.1 Å². The molecule has 0 saturated heterocycles. The smallest absolute Gasteiger partial charge is 0.416 e. The molecule has 0 aromatic heterocycles. The summed E-state index contributed by atoms with van der Waals surface area (Å²) in [5, 5.41) is 22.5. The highest BCUT2D eigenvalue weighted by Crippen LogP contribution is 2.32. The highest BCUT2D eigenvalue weighted by Gasteiger charge is 2.50. The summed E-state index contributed by atoms with van der Waals surface area (Å²) in [5.41, 5.74) is -0.771. The second kappa shape index (κ2) is 14.3. The second-order valence-electron chi connectivity index (χ2n) is 11.0. The van der Waals surface area contributed by atoms with Gasteiger partial charge in [-0.3, -0.25) is 19.2 Å². The fourth-order valence-corrected chi connectivity index (χ4v) is 4.99. The number of carboxylic acid groups (broad SMARTS) is 2. The lowest BCUT2D eigenvalue weighted by Gasteiger charge is -2.25. The molecule has 0 fully saturated rings. The van der Waals surface area contributed by atoms with Crippen LogP contribution in [0.15, 0.2) is 97.1 Å². The van der Waals surface area contributed by atoms with Crippen LogP contribution >= 0.6 is 0 Å². The van der Waals surface area contributed by atoms with E-state index < -0.39 is 47.6 Å². The third-order valence-corrected chi connectivity index (χ3v) is 7.39. The number of nitrogens with zero attached hydrogens (tertiary/aromatic N) is 1. The number of rotatable bonds is 12. The first-order chi connectivity index (χ1) is 22.2. The van der Waals surface area contributed by atoms with Crippen LogP contribution < -0.4 is 5.32 Å². The van der Waals surface area contributed by atoms with E-state index in [2.05, 4.69) is 5.32 Å². The van der Waals surface area contributed by atoms with Crippen LogP contribution in [0.5, 0.6) is 0 Å². The molecule has 0 radical (unpaired) electrons. The molecular formula is C35H31F3N2O7. The number of nitrogens with one attached hydrogen (secondary N) is 1. The number of halogens is 3. The Morgan fingerprint density at radius 1 is 0.787 bits per heavy atom. The van der Waals surface area contributed by atoms with E-state index in [1.807, 2.05) is 4.90 Å². The van der Waals surface area contributed by atoms with Gasteiger partial charge in [0.15, 0.2) is 0 Å². The monoisotopic (exact) mass is 648 g/mol. The SMILES string of the molecule is CN(C)Cc1cc(CC(=O)OCC(C(=O)O)(C(=O)O)c2ccccc2)ccc1NC(=O)c1ccccc1-c1ccc(C(F)(F)F)cc1. The summed E-state index contributed by atoms with van der Waals surface area (Å²) in [7, 11) is 3.60. The molecule has 4 aromatic rings. The summed E-state index contributed by atoms with van der Waals surface area (Å²) in [4.78, 5) is 52.3. The molecule has 0 aliphatic carbocycles. The number of benzene rings is 4. The van der Waals surface area contributed by atoms with Crippen LogP contribution in [0.1, 0.15) is 32.6 Å². The van der Waals surface area contributed by atoms with Crippen molar-refractivity contribution < 1.29 is 47.3 Å². The highest BCUT2D eigenvalue weighted by molar-refractivity contribution is 6.09. The van der Waals surface area contributed by atoms with Crippen LogP contribution in [0.4, 0.5) is 18.9 Å². The van der Waals surface area contributed by atoms with Gasteiger partial charge in [0.05, 0.1) is 12.0 Å². The molecule has 0 spiro atoms. The first-order valence-corrected chi connectivity index (χ1v) is 14.2. The van der Waals surface area contributed by atoms with Crippen molar-refractivity contribution in [3.05, 3.63) is 125 Å². The van der Waals surface area contributed by atoms with Crippen LogP contribution in [0.25, 0.3) is 11.1 Å². The van der Waals surface area contributed by atoms with E-state index >= 15 is 0 Å². The Morgan fingerprint density at radius 3 is 2.00 bits per heavy atom. The summed E-state index contributed by atoms with van der Waals surface area (Å²) in [6.45, 7) is -0.592. The van der Waals surface area contributed by atoms with Crippen molar-refractivity contribution in [2.24, 2.45) is 0 Å². The van der Waals surface area contributed by atoms with Gasteiger partial charge in [0.25, 0.3) is 5.91 Å². The molecule has 47 heavy (non-hydrogen) atoms. The van der Waals surface area contributed by atoms with Gasteiger partial charge in [-0.2, -0.15) is 13.2 Å². The average Bonchev–Trinajstić information content (AvgIpc) is 3.02. The van der Waals surface area contributed by atoms with E-state index in [-0.39, 0.29) is 17.5 Å². The molecule has 0 unspecified atom stereocenters. The third-order valence-electron chi connectivity index (χ3n) is 7.39. The van der Waals surface area contributed by atoms with Crippen LogP contribution in [0.2, 0.25) is 0 Å². The van der Waals surface area contributed by atoms with Gasteiger partial charge in [-0.15, -0.1) is 0 Å². The number of carbonyl (C=O) groups is 4. The minimum atomic E-state index is -4.50. The van der Waals surface area contributed by atoms with Crippen molar-refractivity contribution in [1.82, 2.24) is 4.90 Å². The van der Waals surface area contributed by atoms with Crippen molar-refractivity contribution in [3.63, 3.8) is 0 Å². The van der Waals surface area contributed by atoms with Crippen LogP contribution in [-0.2, 0) is 43.7 Å². The summed E-state index contributed by atoms with van der Waals surface area (Å²) in [6, 6.07) is 23.1. The number of aliphatic carboxylic acids is 2. The maximum absolute atomic E-state index is 13.5. The van der Waals surface area contributed by atoms with Crippen LogP contribution in [0, 0.1) is 0 Å². The van der Waals surface area contributed by atoms with E-state index in [0.29, 0.717) is 34.5 Å². The first-order valence-electron chi connectivity index (χ1n) is 14.2. The fourth-order valence-electron chi connectivity index (χ4n) is 4.99. The fraction of sp³-hybridized carbons (Fsp3) is 0.200. The molecule has 0 aliphatic rings. The zero-order chi connectivity index (χ0) is 34.4. The Balaban J connectivity index is 1.54. The minimum absolute atomic E-state index is 0.0546. The van der Waals surface area contributed by atoms with Crippen molar-refractivity contribution in [3.8, 4) is 11.1 Å². The number of hydrogen-bond donors (Lipinski definition) is 3. The molecule has 0 saturated carbocycles. The van der Waals surface area contributed by atoms with Gasteiger partial charge in [-0.05, 0) is 66.2 Å². The Hall–Kier alpha value is -5.49. The number of ether oxygens (including phenoxy) is 1. The second-order valence-corrected chi connectivity index (χ2v) is 11.0. The Labute approximate surface area is 268 Å². The molecule has 0 bridgehead atoms. The standard InChI is InChI=1S/C35H31F3N2O7/c1-40(2)20-24-18-22(19-30(41)47-21-34(32(43)44,33(45)46)25-8-4-3-5-9-25)12-17-29(24)39-31(42)28-11-7-6-10-27(28)23-13-15-26(16-14-23)35(36,37)38/h3-18H,19-21H2,1-2H3,(H,39,42)(H,43,44)(H,45,46). The zero-order valence-corrected chi connectivity index (χ0v) is 25.4. The van der Waals surface area contributed by atoms with Gasteiger partial charge in [-0.1, -0.05) is 72.8 Å². The summed E-state index contributed by atoms with van der Waals surface area (Å²) < 4.78 is 44.4. The normalized spacial score (nSPS) is 11.6. The molecule has 4 rings (SSSR count). The van der Waals surface area contributed by atoms with Crippen LogP contribution in [0.3, 0.4) is 0 Å². The molecular weight excluding hydrogens is 617 g/mol. The largest absolute Gasteiger partial charge is 0.480 e. The Kier molecular flexibility index (Phi) is 10.5. The number of carboxylic acids is 2. The first kappa shape index (κ1) is 34.4. The lowest BCUT2D eigenvalue weighted by molar-refractivity contribution is -0.164. The van der Waals surface area contributed by atoms with E-state index in [1.54, 1.807) is 62.6 Å². The number of amides is 1. The van der Waals surface area contributed by atoms with Gasteiger partial charge in [0, 0.05) is 17.8 Å². The molecule has 0 aliphatic heterocycles. The Bertz CT molecular complexity index is 1760. The third kappa shape index (κ3) is 8.03. The van der Waals surface area contributed by atoms with Crippen LogP contribution in [-0.4, -0.2) is 59.6 Å². The quantitative estimate of drug-likeness (QED) is 0.128. The van der Waals surface area contributed by atoms with E-state index in [1.165, 1.54) is 36.4 Å². The zero-order valence-electron chi connectivity index (χ0n) is 25.4. The summed E-state index contributed by atoms with van der Waals surface area (Å²) in [5.74, 6) is -4.73. The van der Waals surface area contributed by atoms with Gasteiger partial charge in [0.2, 0.25) is 5.41 Å². The molecule has 4 aromatic carbocycles. The van der Waals surface area contributed by atoms with Gasteiger partial charge in [-0.25, -0.2) is 0 Å². The molecule has 0 heterocycles. The summed E-state index contributed by atoms with van der Waals surface area (Å²) in [6.07, 6.45) is -4.81. The van der Waals surface area contributed by atoms with Gasteiger partial charge in [0.1, 0.15) is 6.61 Å². The Morgan fingerprint density at radius 2 is 1.40 bits per heavy atom. The summed E-state index contributed by atoms with van der Waals surface area (Å²) >= 11 is 0. The number of hydrogen-bond acceptors (Lipinski definition) is 6. The number of alkyl halides is 3. The van der Waals surface area contributed by atoms with E-state index in [0.717, 1.165) is 12.1 Å². The molecule has 244 valence electrons. The maximum atomic E-state index is 13.5. The molecule has 12 heteroatoms. The average molecular weight is 649 g/mol. The topological polar surface area (TPSA) is 133 Å². The van der Waals surface area contributed by atoms with E-state index in [9.17, 15) is 42.6 Å². The number of carbonyl (C=O) groups excluding carboxylic acids is 2.